The van der Waals surface area contributed by atoms with E-state index in [2.05, 4.69) is 20.0 Å². The van der Waals surface area contributed by atoms with Crippen molar-refractivity contribution in [3.63, 3.8) is 0 Å². The largest absolute Gasteiger partial charge is 0.495 e. The highest BCUT2D eigenvalue weighted by Gasteiger charge is 2.20. The summed E-state index contributed by atoms with van der Waals surface area (Å²) in [6.07, 6.45) is 0. The number of hydrogen-bond acceptors (Lipinski definition) is 7. The Morgan fingerprint density at radius 2 is 1.44 bits per heavy atom. The maximum atomic E-state index is 13.1. The van der Waals surface area contributed by atoms with E-state index in [1.165, 1.54) is 26.4 Å². The molecule has 4 rings (SSSR count). The van der Waals surface area contributed by atoms with Gasteiger partial charge in [0, 0.05) is 6.07 Å². The van der Waals surface area contributed by atoms with Crippen molar-refractivity contribution in [3.8, 4) is 11.5 Å². The number of nitrogens with one attached hydrogen (secondary N) is 2. The lowest BCUT2D eigenvalue weighted by atomic mass is 10.2. The maximum absolute atomic E-state index is 13.1. The summed E-state index contributed by atoms with van der Waals surface area (Å²) in [5.41, 5.74) is 3.54. The van der Waals surface area contributed by atoms with Crippen LogP contribution in [0.1, 0.15) is 11.1 Å². The van der Waals surface area contributed by atoms with Crippen LogP contribution in [0.4, 0.5) is 17.3 Å². The summed E-state index contributed by atoms with van der Waals surface area (Å²) >= 11 is 6.31. The summed E-state index contributed by atoms with van der Waals surface area (Å²) in [4.78, 5) is 9.29. The topological polar surface area (TPSA) is 102 Å². The van der Waals surface area contributed by atoms with Crippen LogP contribution in [0.15, 0.2) is 59.5 Å². The van der Waals surface area contributed by atoms with E-state index in [0.717, 1.165) is 11.1 Å². The SMILES string of the molecule is COc1cc(OC)c(Nc2nc3cc(C)ccc3nc2NS(=O)(=O)c2ccc(C)cc2)cc1Cl. The maximum Gasteiger partial charge on any atom is 0.263 e. The monoisotopic (exact) mass is 498 g/mol. The fourth-order valence-corrected chi connectivity index (χ4v) is 4.56. The average Bonchev–Trinajstić information content (AvgIpc) is 2.80. The van der Waals surface area contributed by atoms with Crippen molar-refractivity contribution in [2.45, 2.75) is 18.7 Å². The molecule has 4 aromatic rings. The zero-order valence-corrected chi connectivity index (χ0v) is 20.6. The third-order valence-corrected chi connectivity index (χ3v) is 6.76. The standard InChI is InChI=1S/C24H23ClN4O4S/c1-14-5-8-16(9-6-14)34(30,31)29-24-23(27-19-11-15(2)7-10-18(19)26-24)28-20-12-17(25)21(32-3)13-22(20)33-4/h5-13H,1-4H3,(H,26,29)(H,27,28). The molecule has 0 atom stereocenters. The quantitative estimate of drug-likeness (QED) is 0.348. The van der Waals surface area contributed by atoms with Gasteiger partial charge >= 0.3 is 0 Å². The molecule has 0 aliphatic rings. The first kappa shape index (κ1) is 23.6. The van der Waals surface area contributed by atoms with Gasteiger partial charge in [-0.2, -0.15) is 0 Å². The summed E-state index contributed by atoms with van der Waals surface area (Å²) < 4.78 is 39.5. The number of methoxy groups -OCH3 is 2. The van der Waals surface area contributed by atoms with E-state index in [1.807, 2.05) is 26.0 Å². The first-order chi connectivity index (χ1) is 16.2. The van der Waals surface area contributed by atoms with Gasteiger partial charge in [0.25, 0.3) is 10.0 Å². The van der Waals surface area contributed by atoms with E-state index in [1.54, 1.807) is 30.3 Å². The molecule has 176 valence electrons. The van der Waals surface area contributed by atoms with Gasteiger partial charge in [-0.25, -0.2) is 18.4 Å². The summed E-state index contributed by atoms with van der Waals surface area (Å²) in [7, 11) is -0.919. The number of rotatable bonds is 7. The average molecular weight is 499 g/mol. The first-order valence-corrected chi connectivity index (χ1v) is 12.1. The van der Waals surface area contributed by atoms with Crippen LogP contribution in [-0.2, 0) is 10.0 Å². The number of benzene rings is 3. The minimum absolute atomic E-state index is 0.0333. The molecule has 0 bridgehead atoms. The van der Waals surface area contributed by atoms with Crippen molar-refractivity contribution >= 4 is 50.0 Å². The molecular weight excluding hydrogens is 476 g/mol. The molecule has 2 N–H and O–H groups in total. The van der Waals surface area contributed by atoms with Gasteiger partial charge in [0.15, 0.2) is 11.6 Å². The second-order valence-electron chi connectivity index (χ2n) is 7.64. The third-order valence-electron chi connectivity index (χ3n) is 5.11. The van der Waals surface area contributed by atoms with E-state index in [9.17, 15) is 8.42 Å². The lowest BCUT2D eigenvalue weighted by Gasteiger charge is -2.17. The van der Waals surface area contributed by atoms with E-state index >= 15 is 0 Å². The second kappa shape index (κ2) is 9.36. The van der Waals surface area contributed by atoms with Crippen LogP contribution in [0.5, 0.6) is 11.5 Å². The van der Waals surface area contributed by atoms with Gasteiger partial charge in [0.05, 0.1) is 40.9 Å². The second-order valence-corrected chi connectivity index (χ2v) is 9.73. The summed E-state index contributed by atoms with van der Waals surface area (Å²) in [5, 5.41) is 3.46. The van der Waals surface area contributed by atoms with Gasteiger partial charge in [0.2, 0.25) is 0 Å². The molecule has 1 heterocycles. The number of aromatic nitrogens is 2. The van der Waals surface area contributed by atoms with Crippen molar-refractivity contribution in [1.82, 2.24) is 9.97 Å². The van der Waals surface area contributed by atoms with Crippen LogP contribution in [0.3, 0.4) is 0 Å². The summed E-state index contributed by atoms with van der Waals surface area (Å²) in [6.45, 7) is 3.82. The molecule has 3 aromatic carbocycles. The van der Waals surface area contributed by atoms with Crippen molar-refractivity contribution in [2.24, 2.45) is 0 Å². The first-order valence-electron chi connectivity index (χ1n) is 10.3. The fourth-order valence-electron chi connectivity index (χ4n) is 3.31. The molecule has 0 saturated heterocycles. The van der Waals surface area contributed by atoms with Gasteiger partial charge in [-0.05, 0) is 49.7 Å². The number of aryl methyl sites for hydroxylation is 2. The fraction of sp³-hybridized carbons (Fsp3) is 0.167. The molecule has 8 nitrogen and oxygen atoms in total. The zero-order valence-electron chi connectivity index (χ0n) is 19.0. The molecule has 0 saturated carbocycles. The van der Waals surface area contributed by atoms with Gasteiger partial charge < -0.3 is 14.8 Å². The minimum Gasteiger partial charge on any atom is -0.495 e. The Balaban J connectivity index is 1.83. The van der Waals surface area contributed by atoms with Crippen LogP contribution < -0.4 is 19.5 Å². The zero-order chi connectivity index (χ0) is 24.5. The number of nitrogens with zero attached hydrogens (tertiary/aromatic N) is 2. The van der Waals surface area contributed by atoms with Crippen molar-refractivity contribution < 1.29 is 17.9 Å². The van der Waals surface area contributed by atoms with Crippen LogP contribution in [-0.4, -0.2) is 32.6 Å². The lowest BCUT2D eigenvalue weighted by Crippen LogP contribution is -2.16. The molecule has 0 aliphatic heterocycles. The summed E-state index contributed by atoms with van der Waals surface area (Å²) in [6, 6.07) is 15.3. The molecule has 10 heteroatoms. The number of halogens is 1. The molecule has 0 spiro atoms. The van der Waals surface area contributed by atoms with Gasteiger partial charge in [-0.3, -0.25) is 4.72 Å². The Morgan fingerprint density at radius 3 is 2.12 bits per heavy atom. The molecule has 0 aliphatic carbocycles. The van der Waals surface area contributed by atoms with Crippen LogP contribution >= 0.6 is 11.6 Å². The van der Waals surface area contributed by atoms with Crippen molar-refractivity contribution in [1.29, 1.82) is 0 Å². The normalized spacial score (nSPS) is 11.3. The third kappa shape index (κ3) is 4.85. The highest BCUT2D eigenvalue weighted by molar-refractivity contribution is 7.92. The molecule has 0 amide bonds. The van der Waals surface area contributed by atoms with E-state index in [4.69, 9.17) is 21.1 Å². The van der Waals surface area contributed by atoms with Crippen molar-refractivity contribution in [2.75, 3.05) is 24.3 Å². The highest BCUT2D eigenvalue weighted by atomic mass is 35.5. The van der Waals surface area contributed by atoms with Crippen LogP contribution in [0.25, 0.3) is 11.0 Å². The van der Waals surface area contributed by atoms with E-state index < -0.39 is 10.0 Å². The predicted molar refractivity (Wildman–Crippen MR) is 134 cm³/mol. The number of sulfonamides is 1. The van der Waals surface area contributed by atoms with E-state index in [-0.39, 0.29) is 16.5 Å². The molecule has 0 unspecified atom stereocenters. The molecule has 0 fully saturated rings. The minimum atomic E-state index is -3.93. The highest BCUT2D eigenvalue weighted by Crippen LogP contribution is 2.38. The Kier molecular flexibility index (Phi) is 6.49. The molecule has 1 aromatic heterocycles. The van der Waals surface area contributed by atoms with Gasteiger partial charge in [-0.15, -0.1) is 0 Å². The molecule has 0 radical (unpaired) electrons. The molecule has 34 heavy (non-hydrogen) atoms. The van der Waals surface area contributed by atoms with Crippen molar-refractivity contribution in [3.05, 3.63) is 70.7 Å². The lowest BCUT2D eigenvalue weighted by molar-refractivity contribution is 0.396. The van der Waals surface area contributed by atoms with E-state index in [0.29, 0.717) is 33.2 Å². The Morgan fingerprint density at radius 1 is 0.794 bits per heavy atom. The number of hydrogen-bond donors (Lipinski definition) is 2. The number of ether oxygens (including phenoxy) is 2. The Labute approximate surface area is 203 Å². The number of anilines is 3. The van der Waals surface area contributed by atoms with Gasteiger partial charge in [-0.1, -0.05) is 35.4 Å². The van der Waals surface area contributed by atoms with Crippen LogP contribution in [0, 0.1) is 13.8 Å². The Hall–Kier alpha value is -3.56. The van der Waals surface area contributed by atoms with Gasteiger partial charge in [0.1, 0.15) is 11.5 Å². The molecular formula is C24H23ClN4O4S. The number of fused-ring (bicyclic) bond motifs is 1. The smallest absolute Gasteiger partial charge is 0.263 e. The predicted octanol–water partition coefficient (Wildman–Crippen LogP) is 5.46. The Bertz CT molecular complexity index is 1480. The van der Waals surface area contributed by atoms with Crippen LogP contribution in [0.2, 0.25) is 5.02 Å². The summed E-state index contributed by atoms with van der Waals surface area (Å²) in [5.74, 6) is 1.09.